The van der Waals surface area contributed by atoms with Gasteiger partial charge in [-0.15, -0.1) is 0 Å². The molecule has 2 aromatic carbocycles. The van der Waals surface area contributed by atoms with E-state index in [2.05, 4.69) is 20.6 Å². The molecule has 0 bridgehead atoms. The van der Waals surface area contributed by atoms with Crippen molar-refractivity contribution in [3.8, 4) is 0 Å². The number of amides is 2. The first-order valence-corrected chi connectivity index (χ1v) is 9.03. The van der Waals surface area contributed by atoms with Crippen molar-refractivity contribution < 1.29 is 9.59 Å². The summed E-state index contributed by atoms with van der Waals surface area (Å²) in [7, 11) is 0. The number of aromatic nitrogens is 2. The van der Waals surface area contributed by atoms with E-state index in [1.165, 1.54) is 18.7 Å². The van der Waals surface area contributed by atoms with E-state index in [4.69, 9.17) is 0 Å². The largest absolute Gasteiger partial charge is 0.326 e. The third-order valence-electron chi connectivity index (χ3n) is 3.53. The lowest BCUT2D eigenvalue weighted by Gasteiger charge is -2.08. The van der Waals surface area contributed by atoms with E-state index in [-0.39, 0.29) is 17.6 Å². The lowest BCUT2D eigenvalue weighted by atomic mass is 10.3. The highest BCUT2D eigenvalue weighted by atomic mass is 32.2. The molecule has 0 saturated heterocycles. The third kappa shape index (κ3) is 4.58. The molecule has 2 amide bonds. The maximum atomic E-state index is 12.2. The maximum absolute atomic E-state index is 12.2. The van der Waals surface area contributed by atoms with Crippen LogP contribution in [0.25, 0.3) is 11.0 Å². The number of para-hydroxylation sites is 2. The van der Waals surface area contributed by atoms with E-state index < -0.39 is 0 Å². The molecular weight excluding hydrogens is 348 g/mol. The fraction of sp³-hybridized carbons (Fsp3) is 0.158. The number of nitrogens with one attached hydrogen (secondary N) is 2. The zero-order valence-electron chi connectivity index (χ0n) is 14.4. The molecule has 7 heteroatoms. The molecule has 0 aliphatic carbocycles. The monoisotopic (exact) mass is 366 g/mol. The molecule has 1 aromatic heterocycles. The zero-order chi connectivity index (χ0) is 18.5. The highest BCUT2D eigenvalue weighted by molar-refractivity contribution is 8.00. The normalized spacial score (nSPS) is 10.5. The Kier molecular flexibility index (Phi) is 5.48. The van der Waals surface area contributed by atoms with Crippen molar-refractivity contribution in [1.29, 1.82) is 0 Å². The van der Waals surface area contributed by atoms with Crippen molar-refractivity contribution in [3.63, 3.8) is 0 Å². The average molecular weight is 366 g/mol. The van der Waals surface area contributed by atoms with Gasteiger partial charge in [-0.05, 0) is 43.3 Å². The minimum atomic E-state index is -0.134. The summed E-state index contributed by atoms with van der Waals surface area (Å²) in [4.78, 5) is 32.3. The van der Waals surface area contributed by atoms with Gasteiger partial charge < -0.3 is 10.6 Å². The second-order valence-electron chi connectivity index (χ2n) is 5.70. The van der Waals surface area contributed by atoms with Crippen LogP contribution in [0.4, 0.5) is 11.4 Å². The average Bonchev–Trinajstić information content (AvgIpc) is 2.61. The van der Waals surface area contributed by atoms with Crippen LogP contribution in [0.3, 0.4) is 0 Å². The highest BCUT2D eigenvalue weighted by Crippen LogP contribution is 2.22. The molecule has 0 aliphatic rings. The van der Waals surface area contributed by atoms with Crippen LogP contribution in [0.1, 0.15) is 12.6 Å². The fourth-order valence-corrected chi connectivity index (χ4v) is 3.14. The number of carbonyl (C=O) groups is 2. The van der Waals surface area contributed by atoms with E-state index in [0.29, 0.717) is 11.4 Å². The van der Waals surface area contributed by atoms with E-state index in [1.54, 1.807) is 24.3 Å². The van der Waals surface area contributed by atoms with Crippen molar-refractivity contribution in [3.05, 3.63) is 54.2 Å². The Balaban J connectivity index is 1.60. The molecule has 6 nitrogen and oxygen atoms in total. The van der Waals surface area contributed by atoms with E-state index in [0.717, 1.165) is 21.8 Å². The minimum Gasteiger partial charge on any atom is -0.326 e. The number of carbonyl (C=O) groups excluding carboxylic acids is 2. The van der Waals surface area contributed by atoms with Crippen molar-refractivity contribution in [2.75, 3.05) is 16.4 Å². The Morgan fingerprint density at radius 2 is 1.50 bits per heavy atom. The van der Waals surface area contributed by atoms with Gasteiger partial charge in [-0.2, -0.15) is 0 Å². The number of anilines is 2. The van der Waals surface area contributed by atoms with Crippen LogP contribution in [-0.2, 0) is 9.59 Å². The van der Waals surface area contributed by atoms with Crippen LogP contribution in [0.5, 0.6) is 0 Å². The second-order valence-corrected chi connectivity index (χ2v) is 6.66. The summed E-state index contributed by atoms with van der Waals surface area (Å²) in [5.41, 5.74) is 3.83. The zero-order valence-corrected chi connectivity index (χ0v) is 15.3. The first-order valence-electron chi connectivity index (χ1n) is 8.05. The number of benzene rings is 2. The van der Waals surface area contributed by atoms with Gasteiger partial charge in [-0.3, -0.25) is 9.59 Å². The van der Waals surface area contributed by atoms with E-state index in [1.807, 2.05) is 31.2 Å². The molecule has 0 unspecified atom stereocenters. The predicted octanol–water partition coefficient (Wildman–Crippen LogP) is 3.63. The summed E-state index contributed by atoms with van der Waals surface area (Å²) in [6.07, 6.45) is 0. The van der Waals surface area contributed by atoms with Gasteiger partial charge in [0.05, 0.1) is 22.5 Å². The van der Waals surface area contributed by atoms with E-state index >= 15 is 0 Å². The van der Waals surface area contributed by atoms with E-state index in [9.17, 15) is 9.59 Å². The van der Waals surface area contributed by atoms with Crippen LogP contribution in [-0.4, -0.2) is 27.5 Å². The smallest absolute Gasteiger partial charge is 0.234 e. The van der Waals surface area contributed by atoms with Crippen LogP contribution in [0.15, 0.2) is 53.6 Å². The first kappa shape index (κ1) is 17.9. The maximum Gasteiger partial charge on any atom is 0.234 e. The van der Waals surface area contributed by atoms with Crippen molar-refractivity contribution in [1.82, 2.24) is 9.97 Å². The molecule has 0 radical (unpaired) electrons. The summed E-state index contributed by atoms with van der Waals surface area (Å²) < 4.78 is 0. The molecule has 3 rings (SSSR count). The molecule has 0 saturated carbocycles. The summed E-state index contributed by atoms with van der Waals surface area (Å²) in [5, 5.41) is 6.26. The molecule has 26 heavy (non-hydrogen) atoms. The van der Waals surface area contributed by atoms with Crippen LogP contribution in [0, 0.1) is 6.92 Å². The summed E-state index contributed by atoms with van der Waals surface area (Å²) >= 11 is 1.36. The number of fused-ring (bicyclic) bond motifs is 1. The Bertz CT molecular complexity index is 957. The molecule has 0 spiro atoms. The minimum absolute atomic E-state index is 0.128. The third-order valence-corrected chi connectivity index (χ3v) is 4.60. The highest BCUT2D eigenvalue weighted by Gasteiger charge is 2.09. The Morgan fingerprint density at radius 1 is 0.923 bits per heavy atom. The quantitative estimate of drug-likeness (QED) is 0.674. The summed E-state index contributed by atoms with van der Waals surface area (Å²) in [6, 6.07) is 14.6. The summed E-state index contributed by atoms with van der Waals surface area (Å²) in [5.74, 6) is -0.0249. The van der Waals surface area contributed by atoms with Gasteiger partial charge >= 0.3 is 0 Å². The molecule has 2 N–H and O–H groups in total. The lowest BCUT2D eigenvalue weighted by molar-refractivity contribution is -0.114. The Morgan fingerprint density at radius 3 is 2.12 bits per heavy atom. The van der Waals surface area contributed by atoms with Crippen molar-refractivity contribution in [2.45, 2.75) is 18.9 Å². The molecule has 1 heterocycles. The van der Waals surface area contributed by atoms with Gasteiger partial charge in [0.15, 0.2) is 0 Å². The number of hydrogen-bond donors (Lipinski definition) is 2. The lowest BCUT2D eigenvalue weighted by Crippen LogP contribution is -2.14. The van der Waals surface area contributed by atoms with Gasteiger partial charge in [-0.25, -0.2) is 9.97 Å². The number of hydrogen-bond acceptors (Lipinski definition) is 5. The molecule has 0 atom stereocenters. The summed E-state index contributed by atoms with van der Waals surface area (Å²) in [6.45, 7) is 3.34. The molecule has 3 aromatic rings. The van der Waals surface area contributed by atoms with Crippen LogP contribution >= 0.6 is 11.8 Å². The van der Waals surface area contributed by atoms with Gasteiger partial charge in [0.25, 0.3) is 0 Å². The number of thioether (sulfide) groups is 1. The topological polar surface area (TPSA) is 84.0 Å². The molecule has 0 fully saturated rings. The van der Waals surface area contributed by atoms with Gasteiger partial charge in [-0.1, -0.05) is 23.9 Å². The van der Waals surface area contributed by atoms with Crippen LogP contribution in [0.2, 0.25) is 0 Å². The van der Waals surface area contributed by atoms with Crippen LogP contribution < -0.4 is 10.6 Å². The number of nitrogens with zero attached hydrogens (tertiary/aromatic N) is 2. The van der Waals surface area contributed by atoms with Crippen molar-refractivity contribution >= 4 is 46.0 Å². The molecular formula is C19H18N4O2S. The number of rotatable bonds is 5. The predicted molar refractivity (Wildman–Crippen MR) is 104 cm³/mol. The Labute approximate surface area is 155 Å². The SMILES string of the molecule is CC(=O)Nc1ccc(NC(=O)CSc2nc3ccccc3nc2C)cc1. The molecule has 132 valence electrons. The molecule has 0 aliphatic heterocycles. The van der Waals surface area contributed by atoms with Gasteiger partial charge in [0.2, 0.25) is 11.8 Å². The second kappa shape index (κ2) is 7.97. The van der Waals surface area contributed by atoms with Gasteiger partial charge in [0.1, 0.15) is 5.03 Å². The van der Waals surface area contributed by atoms with Gasteiger partial charge in [0, 0.05) is 18.3 Å². The Hall–Kier alpha value is -2.93. The van der Waals surface area contributed by atoms with Crippen molar-refractivity contribution in [2.24, 2.45) is 0 Å². The number of aryl methyl sites for hydroxylation is 1. The fourth-order valence-electron chi connectivity index (χ4n) is 2.38. The standard InChI is InChI=1S/C19H18N4O2S/c1-12-19(23-17-6-4-3-5-16(17)20-12)26-11-18(25)22-15-9-7-14(8-10-15)21-13(2)24/h3-10H,11H2,1-2H3,(H,21,24)(H,22,25). The first-order chi connectivity index (χ1) is 12.5.